The zero-order chi connectivity index (χ0) is 14.3. The number of hydrogen-bond donors (Lipinski definition) is 1. The van der Waals surface area contributed by atoms with E-state index in [1.54, 1.807) is 6.07 Å². The van der Waals surface area contributed by atoms with E-state index in [9.17, 15) is 4.79 Å². The van der Waals surface area contributed by atoms with Crippen LogP contribution in [0, 0.1) is 0 Å². The maximum atomic E-state index is 10.9. The number of ether oxygens (including phenoxy) is 2. The molecule has 104 valence electrons. The van der Waals surface area contributed by atoms with E-state index >= 15 is 0 Å². The van der Waals surface area contributed by atoms with Gasteiger partial charge in [-0.2, -0.15) is 0 Å². The van der Waals surface area contributed by atoms with E-state index in [0.29, 0.717) is 34.3 Å². The minimum Gasteiger partial charge on any atom is -0.476 e. The van der Waals surface area contributed by atoms with E-state index in [0.717, 1.165) is 5.56 Å². The van der Waals surface area contributed by atoms with Crippen molar-refractivity contribution in [1.29, 1.82) is 0 Å². The van der Waals surface area contributed by atoms with E-state index in [1.165, 1.54) is 6.07 Å². The molecule has 1 N–H and O–H groups in total. The summed E-state index contributed by atoms with van der Waals surface area (Å²) in [6.07, 6.45) is 0.633. The minimum atomic E-state index is -1.15. The number of carboxylic acid groups (broad SMARTS) is 1. The Morgan fingerprint density at radius 1 is 1.45 bits per heavy atom. The summed E-state index contributed by atoms with van der Waals surface area (Å²) in [6.45, 7) is 2.04. The van der Waals surface area contributed by atoms with Gasteiger partial charge in [-0.15, -0.1) is 0 Å². The fourth-order valence-electron chi connectivity index (χ4n) is 2.11. The average Bonchev–Trinajstić information content (AvgIpc) is 3.07. The van der Waals surface area contributed by atoms with Gasteiger partial charge in [0.15, 0.2) is 23.0 Å². The van der Waals surface area contributed by atoms with Crippen LogP contribution in [0.4, 0.5) is 0 Å². The lowest BCUT2D eigenvalue weighted by atomic mass is 10.0. The number of rotatable bonds is 3. The molecule has 0 unspecified atom stereocenters. The highest BCUT2D eigenvalue weighted by Crippen LogP contribution is 2.45. The number of benzene rings is 1. The van der Waals surface area contributed by atoms with Crippen molar-refractivity contribution in [3.05, 3.63) is 28.4 Å². The van der Waals surface area contributed by atoms with Crippen LogP contribution in [0.5, 0.6) is 11.5 Å². The quantitative estimate of drug-likeness (QED) is 0.937. The maximum absolute atomic E-state index is 10.9. The van der Waals surface area contributed by atoms with Crippen LogP contribution in [0.3, 0.4) is 0 Å². The second-order valence-electron chi connectivity index (χ2n) is 4.19. The molecule has 2 aromatic rings. The smallest absolute Gasteiger partial charge is 0.358 e. The molecule has 20 heavy (non-hydrogen) atoms. The van der Waals surface area contributed by atoms with Crippen LogP contribution >= 0.6 is 11.6 Å². The number of aromatic carboxylic acids is 1. The molecule has 2 heterocycles. The Morgan fingerprint density at radius 2 is 2.25 bits per heavy atom. The largest absolute Gasteiger partial charge is 0.476 e. The molecule has 1 aromatic carbocycles. The number of aromatic nitrogens is 1. The third-order valence-corrected chi connectivity index (χ3v) is 3.45. The Balaban J connectivity index is 2.17. The van der Waals surface area contributed by atoms with Crippen LogP contribution in [-0.4, -0.2) is 23.0 Å². The molecule has 6 nitrogen and oxygen atoms in total. The number of hydrogen-bond acceptors (Lipinski definition) is 5. The van der Waals surface area contributed by atoms with Gasteiger partial charge in [0.25, 0.3) is 0 Å². The lowest BCUT2D eigenvalue weighted by molar-refractivity contribution is 0.0686. The first-order valence-electron chi connectivity index (χ1n) is 5.93. The Bertz CT molecular complexity index is 694. The third kappa shape index (κ3) is 1.89. The zero-order valence-electron chi connectivity index (χ0n) is 10.5. The van der Waals surface area contributed by atoms with Gasteiger partial charge in [-0.1, -0.05) is 23.7 Å². The normalized spacial score (nSPS) is 12.7. The van der Waals surface area contributed by atoms with E-state index in [-0.39, 0.29) is 12.5 Å². The fraction of sp³-hybridized carbons (Fsp3) is 0.231. The monoisotopic (exact) mass is 295 g/mol. The number of fused-ring (bicyclic) bond motifs is 1. The third-order valence-electron chi connectivity index (χ3n) is 3.05. The molecule has 0 spiro atoms. The second kappa shape index (κ2) is 4.72. The summed E-state index contributed by atoms with van der Waals surface area (Å²) in [4.78, 5) is 10.9. The molecular formula is C13H10ClNO5. The summed E-state index contributed by atoms with van der Waals surface area (Å²) >= 11 is 6.30. The Kier molecular flexibility index (Phi) is 3.02. The van der Waals surface area contributed by atoms with Crippen LogP contribution in [0.1, 0.15) is 23.0 Å². The van der Waals surface area contributed by atoms with Crippen LogP contribution in [-0.2, 0) is 6.42 Å². The molecule has 0 saturated heterocycles. The molecule has 0 bridgehead atoms. The lowest BCUT2D eigenvalue weighted by Gasteiger charge is -2.09. The van der Waals surface area contributed by atoms with Gasteiger partial charge in [-0.05, 0) is 18.1 Å². The van der Waals surface area contributed by atoms with Gasteiger partial charge >= 0.3 is 5.97 Å². The summed E-state index contributed by atoms with van der Waals surface area (Å²) in [5.74, 6) is 0.199. The van der Waals surface area contributed by atoms with Crippen molar-refractivity contribution in [2.24, 2.45) is 0 Å². The van der Waals surface area contributed by atoms with Crippen molar-refractivity contribution in [2.45, 2.75) is 13.3 Å². The summed E-state index contributed by atoms with van der Waals surface area (Å²) in [6, 6.07) is 3.08. The van der Waals surface area contributed by atoms with E-state index in [4.69, 9.17) is 30.7 Å². The predicted octanol–water partition coefficient (Wildman–Crippen LogP) is 2.98. The molecule has 0 radical (unpaired) electrons. The number of carbonyl (C=O) groups is 1. The molecule has 1 aliphatic rings. The number of halogens is 1. The van der Waals surface area contributed by atoms with Crippen molar-refractivity contribution in [2.75, 3.05) is 6.79 Å². The first-order chi connectivity index (χ1) is 9.61. The topological polar surface area (TPSA) is 81.8 Å². The summed E-state index contributed by atoms with van der Waals surface area (Å²) < 4.78 is 15.7. The average molecular weight is 296 g/mol. The highest BCUT2D eigenvalue weighted by molar-refractivity contribution is 6.33. The van der Waals surface area contributed by atoms with Gasteiger partial charge in [-0.3, -0.25) is 0 Å². The summed E-state index contributed by atoms with van der Waals surface area (Å²) in [7, 11) is 0. The van der Waals surface area contributed by atoms with Crippen LogP contribution in [0.15, 0.2) is 16.7 Å². The van der Waals surface area contributed by atoms with E-state index < -0.39 is 5.97 Å². The minimum absolute atomic E-state index is 0.110. The molecule has 3 rings (SSSR count). The first-order valence-corrected chi connectivity index (χ1v) is 6.31. The summed E-state index contributed by atoms with van der Waals surface area (Å²) in [5, 5.41) is 12.8. The van der Waals surface area contributed by atoms with E-state index in [1.807, 2.05) is 6.92 Å². The molecule has 0 fully saturated rings. The van der Waals surface area contributed by atoms with Crippen LogP contribution < -0.4 is 9.47 Å². The zero-order valence-corrected chi connectivity index (χ0v) is 11.2. The molecule has 0 aliphatic carbocycles. The molecule has 1 aromatic heterocycles. The molecule has 0 amide bonds. The number of nitrogens with zero attached hydrogens (tertiary/aromatic N) is 1. The highest BCUT2D eigenvalue weighted by atomic mass is 35.5. The molecule has 7 heteroatoms. The summed E-state index contributed by atoms with van der Waals surface area (Å²) in [5.41, 5.74) is 1.29. The standard InChI is InChI=1S/C13H10ClNO5/c1-2-6-7(9-4-8(13(16)17)15-20-9)3-10-12(11(6)14)19-5-18-10/h3-4H,2,5H2,1H3,(H,16,17). The molecule has 0 atom stereocenters. The molecule has 0 saturated carbocycles. The highest BCUT2D eigenvalue weighted by Gasteiger charge is 2.25. The van der Waals surface area contributed by atoms with Crippen molar-refractivity contribution in [1.82, 2.24) is 5.16 Å². The van der Waals surface area contributed by atoms with Gasteiger partial charge in [0.1, 0.15) is 0 Å². The van der Waals surface area contributed by atoms with Crippen molar-refractivity contribution >= 4 is 17.6 Å². The van der Waals surface area contributed by atoms with E-state index in [2.05, 4.69) is 5.16 Å². The number of carboxylic acids is 1. The first kappa shape index (κ1) is 12.8. The Labute approximate surface area is 118 Å². The van der Waals surface area contributed by atoms with Gasteiger partial charge in [0.2, 0.25) is 6.79 Å². The predicted molar refractivity (Wildman–Crippen MR) is 69.4 cm³/mol. The van der Waals surface area contributed by atoms with Gasteiger partial charge in [0, 0.05) is 11.6 Å². The van der Waals surface area contributed by atoms with Crippen LogP contribution in [0.2, 0.25) is 5.02 Å². The second-order valence-corrected chi connectivity index (χ2v) is 4.56. The van der Waals surface area contributed by atoms with Gasteiger partial charge < -0.3 is 19.1 Å². The Morgan fingerprint density at radius 3 is 2.90 bits per heavy atom. The molecular weight excluding hydrogens is 286 g/mol. The maximum Gasteiger partial charge on any atom is 0.358 e. The Hall–Kier alpha value is -2.21. The van der Waals surface area contributed by atoms with Crippen molar-refractivity contribution < 1.29 is 23.9 Å². The molecule has 1 aliphatic heterocycles. The van der Waals surface area contributed by atoms with Gasteiger partial charge in [0.05, 0.1) is 5.02 Å². The fourth-order valence-corrected chi connectivity index (χ4v) is 2.49. The van der Waals surface area contributed by atoms with Gasteiger partial charge in [-0.25, -0.2) is 4.79 Å². The van der Waals surface area contributed by atoms with Crippen molar-refractivity contribution in [3.8, 4) is 22.8 Å². The lowest BCUT2D eigenvalue weighted by Crippen LogP contribution is -1.94. The SMILES string of the molecule is CCc1c(-c2cc(C(=O)O)no2)cc2c(c1Cl)OCO2. The van der Waals surface area contributed by atoms with Crippen LogP contribution in [0.25, 0.3) is 11.3 Å². The van der Waals surface area contributed by atoms with Crippen molar-refractivity contribution in [3.63, 3.8) is 0 Å².